The van der Waals surface area contributed by atoms with Crippen molar-refractivity contribution in [2.45, 2.75) is 24.8 Å². The van der Waals surface area contributed by atoms with Crippen LogP contribution < -0.4 is 11.1 Å². The number of aromatic nitrogens is 2. The molecule has 0 saturated carbocycles. The van der Waals surface area contributed by atoms with Crippen LogP contribution in [0.4, 0.5) is 5.13 Å². The number of carbonyl (C=O) groups is 1. The number of nitrogens with two attached hydrogens (primary N) is 1. The average Bonchev–Trinajstić information content (AvgIpc) is 2.88. The molecule has 1 aromatic carbocycles. The third kappa shape index (κ3) is 4.59. The Labute approximate surface area is 126 Å². The van der Waals surface area contributed by atoms with Gasteiger partial charge in [0.05, 0.1) is 0 Å². The Hall–Kier alpha value is -1.44. The normalized spacial score (nSPS) is 10.5. The van der Waals surface area contributed by atoms with Gasteiger partial charge in [0.25, 0.3) is 0 Å². The molecule has 3 N–H and O–H groups in total. The molecule has 2 rings (SSSR count). The summed E-state index contributed by atoms with van der Waals surface area (Å²) in [4.78, 5) is 12.9. The van der Waals surface area contributed by atoms with Crippen LogP contribution in [-0.2, 0) is 11.3 Å². The molecule has 0 fully saturated rings. The molecule has 0 atom stereocenters. The van der Waals surface area contributed by atoms with Crippen LogP contribution in [0, 0.1) is 6.92 Å². The van der Waals surface area contributed by atoms with Gasteiger partial charge in [-0.1, -0.05) is 29.0 Å². The predicted molar refractivity (Wildman–Crippen MR) is 83.0 cm³/mol. The third-order valence-corrected chi connectivity index (χ3v) is 4.38. The number of hydrogen-bond acceptors (Lipinski definition) is 6. The highest BCUT2D eigenvalue weighted by Gasteiger charge is 2.07. The van der Waals surface area contributed by atoms with Crippen molar-refractivity contribution in [1.29, 1.82) is 0 Å². The highest BCUT2D eigenvalue weighted by molar-refractivity contribution is 7.99. The van der Waals surface area contributed by atoms with Crippen molar-refractivity contribution in [3.63, 3.8) is 0 Å². The number of rotatable bonds is 6. The number of benzene rings is 1. The number of nitrogens with zero attached hydrogens (tertiary/aromatic N) is 2. The molecule has 5 nitrogen and oxygen atoms in total. The van der Waals surface area contributed by atoms with Crippen molar-refractivity contribution >= 4 is 34.1 Å². The smallest absolute Gasteiger partial charge is 0.227 e. The Morgan fingerprint density at radius 2 is 2.10 bits per heavy atom. The fourth-order valence-electron chi connectivity index (χ4n) is 1.46. The first kappa shape index (κ1) is 15.0. The molecule has 0 saturated heterocycles. The quantitative estimate of drug-likeness (QED) is 0.801. The van der Waals surface area contributed by atoms with Crippen molar-refractivity contribution in [3.05, 3.63) is 34.8 Å². The largest absolute Gasteiger partial charge is 0.324 e. The number of aryl methyl sites for hydroxylation is 1. The van der Waals surface area contributed by atoms with E-state index >= 15 is 0 Å². The monoisotopic (exact) mass is 308 g/mol. The second-order valence-electron chi connectivity index (χ2n) is 4.16. The van der Waals surface area contributed by atoms with Crippen LogP contribution >= 0.6 is 23.1 Å². The minimum Gasteiger partial charge on any atom is -0.324 e. The van der Waals surface area contributed by atoms with E-state index in [4.69, 9.17) is 5.73 Å². The summed E-state index contributed by atoms with van der Waals surface area (Å²) < 4.78 is 0. The van der Waals surface area contributed by atoms with Gasteiger partial charge in [0.2, 0.25) is 11.0 Å². The van der Waals surface area contributed by atoms with Crippen molar-refractivity contribution in [1.82, 2.24) is 10.2 Å². The third-order valence-electron chi connectivity index (χ3n) is 2.51. The SMILES string of the molecule is Cc1ccc(SCCC(=O)Nc2nnc(CN)s2)cc1. The molecule has 0 aliphatic carbocycles. The fraction of sp³-hybridized carbons (Fsp3) is 0.308. The van der Waals surface area contributed by atoms with E-state index in [0.717, 1.165) is 5.75 Å². The molecular formula is C13H16N4OS2. The lowest BCUT2D eigenvalue weighted by molar-refractivity contribution is -0.115. The highest BCUT2D eigenvalue weighted by atomic mass is 32.2. The van der Waals surface area contributed by atoms with E-state index < -0.39 is 0 Å². The van der Waals surface area contributed by atoms with Gasteiger partial charge >= 0.3 is 0 Å². The Balaban J connectivity index is 1.73. The van der Waals surface area contributed by atoms with Gasteiger partial charge in [0, 0.05) is 23.6 Å². The van der Waals surface area contributed by atoms with Crippen LogP contribution in [0.1, 0.15) is 17.0 Å². The molecule has 0 unspecified atom stereocenters. The van der Waals surface area contributed by atoms with Crippen LogP contribution in [0.2, 0.25) is 0 Å². The molecule has 0 spiro atoms. The average molecular weight is 308 g/mol. The van der Waals surface area contributed by atoms with E-state index in [1.807, 2.05) is 0 Å². The molecule has 0 radical (unpaired) electrons. The molecule has 106 valence electrons. The van der Waals surface area contributed by atoms with Gasteiger partial charge in [-0.3, -0.25) is 4.79 Å². The number of amides is 1. The molecule has 20 heavy (non-hydrogen) atoms. The molecule has 1 aromatic heterocycles. The Bertz CT molecular complexity index is 568. The van der Waals surface area contributed by atoms with E-state index in [2.05, 4.69) is 46.7 Å². The summed E-state index contributed by atoms with van der Waals surface area (Å²) in [6.07, 6.45) is 0.441. The van der Waals surface area contributed by atoms with Crippen LogP contribution in [0.25, 0.3) is 0 Å². The zero-order valence-electron chi connectivity index (χ0n) is 11.1. The second kappa shape index (κ2) is 7.37. The topological polar surface area (TPSA) is 80.9 Å². The summed E-state index contributed by atoms with van der Waals surface area (Å²) in [6.45, 7) is 2.40. The summed E-state index contributed by atoms with van der Waals surface area (Å²) in [5, 5.41) is 11.7. The van der Waals surface area contributed by atoms with Gasteiger partial charge in [0.1, 0.15) is 5.01 Å². The second-order valence-corrected chi connectivity index (χ2v) is 6.40. The van der Waals surface area contributed by atoms with Gasteiger partial charge in [0.15, 0.2) is 0 Å². The van der Waals surface area contributed by atoms with E-state index in [9.17, 15) is 4.79 Å². The number of nitrogens with one attached hydrogen (secondary N) is 1. The minimum absolute atomic E-state index is 0.0515. The van der Waals surface area contributed by atoms with Crippen LogP contribution in [0.3, 0.4) is 0 Å². The van der Waals surface area contributed by atoms with Crippen molar-refractivity contribution in [3.8, 4) is 0 Å². The molecule has 0 aliphatic heterocycles. The van der Waals surface area contributed by atoms with Gasteiger partial charge < -0.3 is 11.1 Å². The first-order valence-corrected chi connectivity index (χ1v) is 7.99. The molecule has 1 amide bonds. The highest BCUT2D eigenvalue weighted by Crippen LogP contribution is 2.20. The van der Waals surface area contributed by atoms with Crippen LogP contribution in [0.5, 0.6) is 0 Å². The molecule has 1 heterocycles. The molecule has 0 bridgehead atoms. The lowest BCUT2D eigenvalue weighted by Gasteiger charge is -2.02. The van der Waals surface area contributed by atoms with Crippen LogP contribution in [-0.4, -0.2) is 21.9 Å². The lowest BCUT2D eigenvalue weighted by Crippen LogP contribution is -2.11. The number of hydrogen-bond donors (Lipinski definition) is 2. The van der Waals surface area contributed by atoms with Crippen molar-refractivity contribution < 1.29 is 4.79 Å². The Morgan fingerprint density at radius 3 is 2.75 bits per heavy atom. The maximum absolute atomic E-state index is 11.7. The van der Waals surface area contributed by atoms with Gasteiger partial charge in [-0.05, 0) is 19.1 Å². The predicted octanol–water partition coefficient (Wildman–Crippen LogP) is 2.43. The molecular weight excluding hydrogens is 292 g/mol. The van der Waals surface area contributed by atoms with Crippen molar-refractivity contribution in [2.24, 2.45) is 5.73 Å². The van der Waals surface area contributed by atoms with Gasteiger partial charge in [-0.2, -0.15) is 0 Å². The van der Waals surface area contributed by atoms with Crippen molar-refractivity contribution in [2.75, 3.05) is 11.1 Å². The van der Waals surface area contributed by atoms with Gasteiger partial charge in [-0.15, -0.1) is 22.0 Å². The first-order chi connectivity index (χ1) is 9.67. The Morgan fingerprint density at radius 1 is 1.35 bits per heavy atom. The summed E-state index contributed by atoms with van der Waals surface area (Å²) in [5.41, 5.74) is 6.68. The minimum atomic E-state index is -0.0515. The summed E-state index contributed by atoms with van der Waals surface area (Å²) in [5.74, 6) is 0.682. The Kier molecular flexibility index (Phi) is 5.51. The van der Waals surface area contributed by atoms with E-state index in [1.165, 1.54) is 21.8 Å². The number of carbonyl (C=O) groups excluding carboxylic acids is 1. The molecule has 0 aliphatic rings. The summed E-state index contributed by atoms with van der Waals surface area (Å²) in [7, 11) is 0. The zero-order chi connectivity index (χ0) is 14.4. The first-order valence-electron chi connectivity index (χ1n) is 6.19. The van der Waals surface area contributed by atoms with Crippen LogP contribution in [0.15, 0.2) is 29.2 Å². The molecule has 2 aromatic rings. The fourth-order valence-corrected chi connectivity index (χ4v) is 2.95. The summed E-state index contributed by atoms with van der Waals surface area (Å²) in [6, 6.07) is 8.27. The maximum Gasteiger partial charge on any atom is 0.227 e. The van der Waals surface area contributed by atoms with E-state index in [-0.39, 0.29) is 5.91 Å². The lowest BCUT2D eigenvalue weighted by atomic mass is 10.2. The number of thioether (sulfide) groups is 1. The molecule has 7 heteroatoms. The van der Waals surface area contributed by atoms with E-state index in [0.29, 0.717) is 23.1 Å². The zero-order valence-corrected chi connectivity index (χ0v) is 12.8. The standard InChI is InChI=1S/C13H16N4OS2/c1-9-2-4-10(5-3-9)19-7-6-11(18)15-13-17-16-12(8-14)20-13/h2-5H,6-8,14H2,1H3,(H,15,17,18). The summed E-state index contributed by atoms with van der Waals surface area (Å²) >= 11 is 2.97. The maximum atomic E-state index is 11.7. The number of anilines is 1. The van der Waals surface area contributed by atoms with Gasteiger partial charge in [-0.25, -0.2) is 0 Å². The van der Waals surface area contributed by atoms with E-state index in [1.54, 1.807) is 11.8 Å².